The molecule has 330 valence electrons. The standard InChI is InChI=1S/C46H60N10O6/c1-3-13-39(57)56-46(23-21-32(22-24-46)31-16-8-5-9-17-31)44(62)55-37(26-30-14-6-4-7-15-30)43(61)53-36(20-12-25-50-45(48)49)41(59)54-38(42(60)52-29(2)40(47)58)27-33-28-51-35-19-11-10-18-34(33)35/h4-11,14-19,28-29,32,36-38,51H,3,12-13,20-27H2,1-2H3,(H2,47,58)(H,52,60)(H,53,61)(H,54,59)(H,55,62)(H,56,57)(H4,48,49,50)/t29-,32?,36-,37+,38-,46?/m0/s1. The van der Waals surface area contributed by atoms with Crippen LogP contribution in [0.1, 0.15) is 87.8 Å². The molecule has 12 N–H and O–H groups in total. The lowest BCUT2D eigenvalue weighted by Crippen LogP contribution is -2.64. The van der Waals surface area contributed by atoms with Crippen LogP contribution >= 0.6 is 0 Å². The Morgan fingerprint density at radius 1 is 0.758 bits per heavy atom. The number of para-hydroxylation sites is 1. The molecular formula is C46H60N10O6. The van der Waals surface area contributed by atoms with Gasteiger partial charge in [0.2, 0.25) is 35.4 Å². The SMILES string of the molecule is CCCC(=O)NC1(C(=O)N[C@H](Cc2ccccc2)C(=O)N[C@@H](CCCN=C(N)N)C(=O)N[C@@H](Cc2c[nH]c3ccccc23)C(=O)N[C@@H](C)C(N)=O)CCC(c2ccccc2)CC1. The third kappa shape index (κ3) is 12.9. The highest BCUT2D eigenvalue weighted by Gasteiger charge is 2.44. The number of aromatic nitrogens is 1. The molecule has 0 spiro atoms. The van der Waals surface area contributed by atoms with Crippen molar-refractivity contribution in [2.45, 2.75) is 114 Å². The molecule has 62 heavy (non-hydrogen) atoms. The average molecular weight is 849 g/mol. The molecule has 1 aliphatic carbocycles. The second-order valence-corrected chi connectivity index (χ2v) is 16.0. The Morgan fingerprint density at radius 2 is 1.35 bits per heavy atom. The monoisotopic (exact) mass is 848 g/mol. The number of hydrogen-bond donors (Lipinski definition) is 9. The maximum atomic E-state index is 14.6. The van der Waals surface area contributed by atoms with Crippen molar-refractivity contribution >= 4 is 52.3 Å². The van der Waals surface area contributed by atoms with Gasteiger partial charge in [-0.05, 0) is 80.5 Å². The fourth-order valence-corrected chi connectivity index (χ4v) is 7.92. The molecule has 1 aliphatic rings. The van der Waals surface area contributed by atoms with Gasteiger partial charge in [0, 0.05) is 42.9 Å². The van der Waals surface area contributed by atoms with Crippen molar-refractivity contribution in [3.8, 4) is 0 Å². The van der Waals surface area contributed by atoms with Crippen LogP contribution in [-0.4, -0.2) is 82.6 Å². The summed E-state index contributed by atoms with van der Waals surface area (Å²) in [6.07, 6.45) is 5.00. The normalized spacial score (nSPS) is 17.9. The molecule has 0 bridgehead atoms. The molecule has 0 unspecified atom stereocenters. The number of carbonyl (C=O) groups is 6. The molecule has 3 aromatic carbocycles. The van der Waals surface area contributed by atoms with Crippen LogP contribution < -0.4 is 43.8 Å². The number of hydrogen-bond acceptors (Lipinski definition) is 7. The van der Waals surface area contributed by atoms with Crippen LogP contribution in [0.4, 0.5) is 0 Å². The third-order valence-electron chi connectivity index (χ3n) is 11.4. The van der Waals surface area contributed by atoms with Crippen molar-refractivity contribution in [3.05, 3.63) is 108 Å². The van der Waals surface area contributed by atoms with Gasteiger partial charge in [-0.25, -0.2) is 0 Å². The van der Waals surface area contributed by atoms with Gasteiger partial charge in [-0.2, -0.15) is 0 Å². The van der Waals surface area contributed by atoms with E-state index < -0.39 is 59.2 Å². The summed E-state index contributed by atoms with van der Waals surface area (Å²) in [5.41, 5.74) is 18.8. The van der Waals surface area contributed by atoms with Crippen LogP contribution in [0.3, 0.4) is 0 Å². The van der Waals surface area contributed by atoms with E-state index in [1.165, 1.54) is 6.92 Å². The Hall–Kier alpha value is -6.71. The van der Waals surface area contributed by atoms with Crippen molar-refractivity contribution in [2.75, 3.05) is 6.54 Å². The quantitative estimate of drug-likeness (QED) is 0.0341. The molecular weight excluding hydrogens is 789 g/mol. The van der Waals surface area contributed by atoms with Crippen molar-refractivity contribution in [1.82, 2.24) is 31.6 Å². The molecule has 1 aromatic heterocycles. The molecule has 0 radical (unpaired) electrons. The summed E-state index contributed by atoms with van der Waals surface area (Å²) in [5, 5.41) is 15.1. The van der Waals surface area contributed by atoms with Gasteiger partial charge in [0.05, 0.1) is 0 Å². The van der Waals surface area contributed by atoms with E-state index in [-0.39, 0.29) is 56.4 Å². The highest BCUT2D eigenvalue weighted by atomic mass is 16.2. The van der Waals surface area contributed by atoms with E-state index in [0.717, 1.165) is 27.6 Å². The summed E-state index contributed by atoms with van der Waals surface area (Å²) in [6, 6.07) is 22.0. The Balaban J connectivity index is 1.42. The van der Waals surface area contributed by atoms with Gasteiger partial charge in [-0.3, -0.25) is 33.8 Å². The first-order chi connectivity index (χ1) is 29.8. The van der Waals surface area contributed by atoms with Gasteiger partial charge in [0.25, 0.3) is 0 Å². The van der Waals surface area contributed by atoms with Gasteiger partial charge >= 0.3 is 0 Å². The summed E-state index contributed by atoms with van der Waals surface area (Å²) < 4.78 is 0. The number of benzene rings is 3. The van der Waals surface area contributed by atoms with E-state index in [1.807, 2.05) is 79.7 Å². The first kappa shape index (κ1) is 46.4. The minimum absolute atomic E-state index is 0.0331. The summed E-state index contributed by atoms with van der Waals surface area (Å²) >= 11 is 0. The van der Waals surface area contributed by atoms with Crippen molar-refractivity contribution in [2.24, 2.45) is 22.2 Å². The Labute approximate surface area is 362 Å². The van der Waals surface area contributed by atoms with Crippen molar-refractivity contribution < 1.29 is 28.8 Å². The second kappa shape index (κ2) is 22.2. The molecule has 1 fully saturated rings. The number of aliphatic imine (C=N–C) groups is 1. The minimum Gasteiger partial charge on any atom is -0.370 e. The number of nitrogens with zero attached hydrogens (tertiary/aromatic N) is 1. The molecule has 0 saturated heterocycles. The lowest BCUT2D eigenvalue weighted by molar-refractivity contribution is -0.138. The number of aromatic amines is 1. The topological polar surface area (TPSA) is 269 Å². The highest BCUT2D eigenvalue weighted by Crippen LogP contribution is 2.38. The largest absolute Gasteiger partial charge is 0.370 e. The van der Waals surface area contributed by atoms with E-state index in [1.54, 1.807) is 6.20 Å². The molecule has 4 aromatic rings. The van der Waals surface area contributed by atoms with E-state index in [4.69, 9.17) is 17.2 Å². The lowest BCUT2D eigenvalue weighted by Gasteiger charge is -2.40. The lowest BCUT2D eigenvalue weighted by atomic mass is 9.73. The number of H-pyrrole nitrogens is 1. The van der Waals surface area contributed by atoms with Gasteiger partial charge in [0.15, 0.2) is 5.96 Å². The fourth-order valence-electron chi connectivity index (χ4n) is 7.92. The molecule has 4 atom stereocenters. The van der Waals surface area contributed by atoms with E-state index >= 15 is 0 Å². The van der Waals surface area contributed by atoms with Crippen molar-refractivity contribution in [1.29, 1.82) is 0 Å². The summed E-state index contributed by atoms with van der Waals surface area (Å²) in [6.45, 7) is 3.47. The molecule has 1 heterocycles. The highest BCUT2D eigenvalue weighted by molar-refractivity contribution is 5.98. The first-order valence-corrected chi connectivity index (χ1v) is 21.3. The smallest absolute Gasteiger partial charge is 0.246 e. The minimum atomic E-state index is -1.27. The number of rotatable bonds is 21. The van der Waals surface area contributed by atoms with Crippen LogP contribution in [0.5, 0.6) is 0 Å². The first-order valence-electron chi connectivity index (χ1n) is 21.3. The van der Waals surface area contributed by atoms with Crippen LogP contribution in [0.15, 0.2) is 96.1 Å². The zero-order chi connectivity index (χ0) is 44.6. The van der Waals surface area contributed by atoms with Crippen LogP contribution in [-0.2, 0) is 41.6 Å². The van der Waals surface area contributed by atoms with Gasteiger partial charge in [-0.15, -0.1) is 0 Å². The fraction of sp³-hybridized carbons (Fsp3) is 0.413. The molecule has 6 amide bonds. The summed E-state index contributed by atoms with van der Waals surface area (Å²) in [5.74, 6) is -3.45. The average Bonchev–Trinajstić information content (AvgIpc) is 3.67. The zero-order valence-electron chi connectivity index (χ0n) is 35.5. The molecule has 1 saturated carbocycles. The number of nitrogens with one attached hydrogen (secondary N) is 6. The van der Waals surface area contributed by atoms with Crippen molar-refractivity contribution in [3.63, 3.8) is 0 Å². The Morgan fingerprint density at radius 3 is 2.02 bits per heavy atom. The number of amides is 6. The third-order valence-corrected chi connectivity index (χ3v) is 11.4. The predicted molar refractivity (Wildman–Crippen MR) is 238 cm³/mol. The Kier molecular flexibility index (Phi) is 16.6. The molecule has 5 rings (SSSR count). The maximum Gasteiger partial charge on any atom is 0.246 e. The summed E-state index contributed by atoms with van der Waals surface area (Å²) in [7, 11) is 0. The second-order valence-electron chi connectivity index (χ2n) is 16.0. The molecule has 16 nitrogen and oxygen atoms in total. The van der Waals surface area contributed by atoms with Gasteiger partial charge in [-0.1, -0.05) is 85.8 Å². The van der Waals surface area contributed by atoms with Gasteiger partial charge in [0.1, 0.15) is 29.7 Å². The summed E-state index contributed by atoms with van der Waals surface area (Å²) in [4.78, 5) is 89.5. The van der Waals surface area contributed by atoms with Crippen LogP contribution in [0.25, 0.3) is 10.9 Å². The van der Waals surface area contributed by atoms with E-state index in [0.29, 0.717) is 32.1 Å². The molecule has 16 heteroatoms. The maximum absolute atomic E-state index is 14.6. The zero-order valence-corrected chi connectivity index (χ0v) is 35.5. The van der Waals surface area contributed by atoms with Crippen LogP contribution in [0.2, 0.25) is 0 Å². The van der Waals surface area contributed by atoms with E-state index in [2.05, 4.69) is 48.7 Å². The van der Waals surface area contributed by atoms with E-state index in [9.17, 15) is 28.8 Å². The Bertz CT molecular complexity index is 2180. The van der Waals surface area contributed by atoms with Gasteiger partial charge < -0.3 is 48.8 Å². The number of nitrogens with two attached hydrogens (primary N) is 3. The number of guanidine groups is 1. The number of primary amides is 1. The molecule has 0 aliphatic heterocycles. The predicted octanol–water partition coefficient (Wildman–Crippen LogP) is 2.46. The number of fused-ring (bicyclic) bond motifs is 1. The number of carbonyl (C=O) groups excluding carboxylic acids is 6. The van der Waals surface area contributed by atoms with Crippen LogP contribution in [0, 0.1) is 0 Å².